The van der Waals surface area contributed by atoms with Gasteiger partial charge in [0.1, 0.15) is 12.9 Å². The van der Waals surface area contributed by atoms with E-state index >= 15 is 0 Å². The number of aryl methyl sites for hydroxylation is 1. The number of fused-ring (bicyclic) bond motifs is 1. The SMILES string of the molecule is COCC(=O)Cc1cc(C)cc2ncnn12. The van der Waals surface area contributed by atoms with Crippen molar-refractivity contribution in [2.24, 2.45) is 0 Å². The Morgan fingerprint density at radius 2 is 2.31 bits per heavy atom. The van der Waals surface area contributed by atoms with Gasteiger partial charge in [0.25, 0.3) is 0 Å². The minimum Gasteiger partial charge on any atom is -0.377 e. The molecule has 0 aliphatic heterocycles. The lowest BCUT2D eigenvalue weighted by atomic mass is 10.1. The van der Waals surface area contributed by atoms with Crippen LogP contribution in [0.5, 0.6) is 0 Å². The Bertz CT molecular complexity index is 519. The fourth-order valence-corrected chi connectivity index (χ4v) is 1.68. The zero-order valence-corrected chi connectivity index (χ0v) is 9.30. The van der Waals surface area contributed by atoms with Crippen LogP contribution >= 0.6 is 0 Å². The number of Topliss-reactive ketones (excluding diaryl/α,β-unsaturated/α-hetero) is 1. The lowest BCUT2D eigenvalue weighted by molar-refractivity contribution is -0.122. The van der Waals surface area contributed by atoms with Crippen molar-refractivity contribution in [2.75, 3.05) is 13.7 Å². The fraction of sp³-hybridized carbons (Fsp3) is 0.364. The molecular weight excluding hydrogens is 206 g/mol. The summed E-state index contributed by atoms with van der Waals surface area (Å²) in [6.45, 7) is 2.10. The van der Waals surface area contributed by atoms with Gasteiger partial charge in [0, 0.05) is 7.11 Å². The van der Waals surface area contributed by atoms with E-state index in [-0.39, 0.29) is 12.4 Å². The van der Waals surface area contributed by atoms with Gasteiger partial charge in [0.15, 0.2) is 11.4 Å². The lowest BCUT2D eigenvalue weighted by Crippen LogP contribution is -2.13. The van der Waals surface area contributed by atoms with Crippen LogP contribution < -0.4 is 0 Å². The molecule has 0 fully saturated rings. The van der Waals surface area contributed by atoms with E-state index in [1.165, 1.54) is 13.4 Å². The van der Waals surface area contributed by atoms with Crippen LogP contribution in [0.4, 0.5) is 0 Å². The van der Waals surface area contributed by atoms with Gasteiger partial charge in [0.2, 0.25) is 0 Å². The summed E-state index contributed by atoms with van der Waals surface area (Å²) in [5.74, 6) is 0.0323. The molecule has 0 aliphatic rings. The third-order valence-electron chi connectivity index (χ3n) is 2.28. The summed E-state index contributed by atoms with van der Waals surface area (Å²) in [6.07, 6.45) is 1.80. The molecule has 0 radical (unpaired) electrons. The molecule has 0 amide bonds. The number of carbonyl (C=O) groups excluding carboxylic acids is 1. The summed E-state index contributed by atoms with van der Waals surface area (Å²) in [5, 5.41) is 4.09. The lowest BCUT2D eigenvalue weighted by Gasteiger charge is -2.04. The summed E-state index contributed by atoms with van der Waals surface area (Å²) in [6, 6.07) is 3.87. The minimum atomic E-state index is 0.0323. The number of methoxy groups -OCH3 is 1. The van der Waals surface area contributed by atoms with E-state index < -0.39 is 0 Å². The van der Waals surface area contributed by atoms with Gasteiger partial charge in [-0.2, -0.15) is 5.10 Å². The molecule has 0 saturated heterocycles. The number of hydrogen-bond acceptors (Lipinski definition) is 4. The Balaban J connectivity index is 2.35. The summed E-state index contributed by atoms with van der Waals surface area (Å²) in [5.41, 5.74) is 2.68. The Morgan fingerprint density at radius 1 is 1.50 bits per heavy atom. The van der Waals surface area contributed by atoms with Gasteiger partial charge in [-0.05, 0) is 24.6 Å². The first-order valence-corrected chi connectivity index (χ1v) is 5.00. The summed E-state index contributed by atoms with van der Waals surface area (Å²) in [4.78, 5) is 15.6. The molecule has 0 unspecified atom stereocenters. The van der Waals surface area contributed by atoms with Crippen LogP contribution in [0.15, 0.2) is 18.5 Å². The summed E-state index contributed by atoms with van der Waals surface area (Å²) < 4.78 is 6.49. The quantitative estimate of drug-likeness (QED) is 0.763. The third kappa shape index (κ3) is 2.09. The van der Waals surface area contributed by atoms with Crippen molar-refractivity contribution in [1.29, 1.82) is 0 Å². The topological polar surface area (TPSA) is 56.5 Å². The molecule has 0 saturated carbocycles. The molecule has 5 heteroatoms. The van der Waals surface area contributed by atoms with Crippen LogP contribution in [0.2, 0.25) is 0 Å². The number of rotatable bonds is 4. The minimum absolute atomic E-state index is 0.0323. The first kappa shape index (κ1) is 10.8. The molecule has 0 atom stereocenters. The molecule has 0 aromatic carbocycles. The van der Waals surface area contributed by atoms with E-state index in [9.17, 15) is 4.79 Å². The van der Waals surface area contributed by atoms with Crippen LogP contribution in [0, 0.1) is 6.92 Å². The predicted molar refractivity (Wildman–Crippen MR) is 58.3 cm³/mol. The number of hydrogen-bond donors (Lipinski definition) is 0. The van der Waals surface area contributed by atoms with Gasteiger partial charge in [-0.25, -0.2) is 9.50 Å². The molecule has 0 N–H and O–H groups in total. The Labute approximate surface area is 93.1 Å². The van der Waals surface area contributed by atoms with Crippen molar-refractivity contribution in [1.82, 2.24) is 14.6 Å². The van der Waals surface area contributed by atoms with E-state index in [1.54, 1.807) is 4.52 Å². The number of pyridine rings is 1. The van der Waals surface area contributed by atoms with E-state index in [0.29, 0.717) is 6.42 Å². The molecule has 2 aromatic heterocycles. The molecule has 2 aromatic rings. The molecule has 0 spiro atoms. The fourth-order valence-electron chi connectivity index (χ4n) is 1.68. The molecule has 0 bridgehead atoms. The number of carbonyl (C=O) groups is 1. The van der Waals surface area contributed by atoms with Gasteiger partial charge < -0.3 is 4.74 Å². The second-order valence-corrected chi connectivity index (χ2v) is 3.70. The molecule has 84 valence electrons. The Morgan fingerprint density at radius 3 is 3.06 bits per heavy atom. The predicted octanol–water partition coefficient (Wildman–Crippen LogP) is 0.796. The zero-order valence-electron chi connectivity index (χ0n) is 9.30. The van der Waals surface area contributed by atoms with Crippen molar-refractivity contribution in [3.63, 3.8) is 0 Å². The molecule has 5 nitrogen and oxygen atoms in total. The number of aromatic nitrogens is 3. The summed E-state index contributed by atoms with van der Waals surface area (Å²) >= 11 is 0. The average Bonchev–Trinajstić information content (AvgIpc) is 2.65. The summed E-state index contributed by atoms with van der Waals surface area (Å²) in [7, 11) is 1.51. The highest BCUT2D eigenvalue weighted by Gasteiger charge is 2.08. The van der Waals surface area contributed by atoms with E-state index in [2.05, 4.69) is 10.1 Å². The average molecular weight is 219 g/mol. The smallest absolute Gasteiger partial charge is 0.164 e. The highest BCUT2D eigenvalue weighted by atomic mass is 16.5. The first-order valence-electron chi connectivity index (χ1n) is 5.00. The van der Waals surface area contributed by atoms with Crippen LogP contribution in [-0.2, 0) is 16.0 Å². The third-order valence-corrected chi connectivity index (χ3v) is 2.28. The van der Waals surface area contributed by atoms with Crippen molar-refractivity contribution < 1.29 is 9.53 Å². The van der Waals surface area contributed by atoms with Crippen molar-refractivity contribution in [2.45, 2.75) is 13.3 Å². The maximum Gasteiger partial charge on any atom is 0.164 e. The molecule has 16 heavy (non-hydrogen) atoms. The number of ether oxygens (including phenoxy) is 1. The van der Waals surface area contributed by atoms with Crippen molar-refractivity contribution >= 4 is 11.4 Å². The van der Waals surface area contributed by atoms with Gasteiger partial charge in [-0.15, -0.1) is 0 Å². The maximum atomic E-state index is 11.5. The van der Waals surface area contributed by atoms with Gasteiger partial charge in [0.05, 0.1) is 12.1 Å². The van der Waals surface area contributed by atoms with Gasteiger partial charge >= 0.3 is 0 Å². The monoisotopic (exact) mass is 219 g/mol. The zero-order chi connectivity index (χ0) is 11.5. The Hall–Kier alpha value is -1.75. The van der Waals surface area contributed by atoms with Gasteiger partial charge in [-0.1, -0.05) is 0 Å². The molecular formula is C11H13N3O2. The van der Waals surface area contributed by atoms with Crippen molar-refractivity contribution in [3.05, 3.63) is 29.7 Å². The Kier molecular flexibility index (Phi) is 2.96. The molecule has 0 aliphatic carbocycles. The van der Waals surface area contributed by atoms with Crippen LogP contribution in [0.1, 0.15) is 11.3 Å². The highest BCUT2D eigenvalue weighted by Crippen LogP contribution is 2.09. The largest absolute Gasteiger partial charge is 0.377 e. The highest BCUT2D eigenvalue weighted by molar-refractivity contribution is 5.81. The normalized spacial score (nSPS) is 10.9. The van der Waals surface area contributed by atoms with Crippen LogP contribution in [0.3, 0.4) is 0 Å². The first-order chi connectivity index (χ1) is 7.70. The van der Waals surface area contributed by atoms with Crippen LogP contribution in [0.25, 0.3) is 5.65 Å². The number of nitrogens with zero attached hydrogens (tertiary/aromatic N) is 3. The van der Waals surface area contributed by atoms with Crippen molar-refractivity contribution in [3.8, 4) is 0 Å². The maximum absolute atomic E-state index is 11.5. The van der Waals surface area contributed by atoms with E-state index in [1.807, 2.05) is 19.1 Å². The van der Waals surface area contributed by atoms with Crippen LogP contribution in [-0.4, -0.2) is 34.1 Å². The second-order valence-electron chi connectivity index (χ2n) is 3.70. The second kappa shape index (κ2) is 4.40. The molecule has 2 heterocycles. The van der Waals surface area contributed by atoms with Gasteiger partial charge in [-0.3, -0.25) is 4.79 Å². The standard InChI is InChI=1S/C11H13N3O2/c1-8-3-9(5-10(15)6-16-2)14-11(4-8)12-7-13-14/h3-4,7H,5-6H2,1-2H3. The number of ketones is 1. The molecule has 2 rings (SSSR count). The van der Waals surface area contributed by atoms with E-state index in [4.69, 9.17) is 4.74 Å². The van der Waals surface area contributed by atoms with E-state index in [0.717, 1.165) is 16.9 Å².